The van der Waals surface area contributed by atoms with Crippen LogP contribution in [0.15, 0.2) is 35.1 Å². The normalized spacial score (nSPS) is 10.9. The van der Waals surface area contributed by atoms with Gasteiger partial charge in [-0.3, -0.25) is 19.6 Å². The third kappa shape index (κ3) is 4.09. The van der Waals surface area contributed by atoms with Crippen molar-refractivity contribution < 1.29 is 4.92 Å². The molecule has 0 saturated heterocycles. The van der Waals surface area contributed by atoms with Gasteiger partial charge in [0, 0.05) is 30.9 Å². The van der Waals surface area contributed by atoms with Gasteiger partial charge < -0.3 is 0 Å². The van der Waals surface area contributed by atoms with Crippen molar-refractivity contribution in [1.29, 1.82) is 0 Å². The number of benzene rings is 1. The predicted molar refractivity (Wildman–Crippen MR) is 90.1 cm³/mol. The molecule has 6 heteroatoms. The number of non-ortho nitro benzene ring substituents is 1. The Bertz CT molecular complexity index is 714. The lowest BCUT2D eigenvalue weighted by molar-refractivity contribution is -0.384. The fraction of sp³-hybridized carbons (Fsp3) is 0.471. The molecule has 0 N–H and O–H groups in total. The Morgan fingerprint density at radius 2 is 1.74 bits per heavy atom. The van der Waals surface area contributed by atoms with Crippen molar-refractivity contribution in [2.24, 2.45) is 7.05 Å². The second kappa shape index (κ2) is 7.76. The van der Waals surface area contributed by atoms with E-state index in [0.29, 0.717) is 5.69 Å². The van der Waals surface area contributed by atoms with Gasteiger partial charge in [-0.05, 0) is 25.0 Å². The summed E-state index contributed by atoms with van der Waals surface area (Å²) in [5.74, 6) is 0. The third-order valence-corrected chi connectivity index (χ3v) is 4.06. The number of hydrogen-bond acceptors (Lipinski definition) is 3. The molecule has 0 aliphatic carbocycles. The lowest BCUT2D eigenvalue weighted by atomic mass is 10.1. The maximum absolute atomic E-state index is 12.2. The molecule has 0 aliphatic heterocycles. The molecule has 2 rings (SSSR count). The number of aryl methyl sites for hydroxylation is 1. The zero-order chi connectivity index (χ0) is 16.8. The molecule has 0 saturated carbocycles. The van der Waals surface area contributed by atoms with Crippen LogP contribution in [0.1, 0.15) is 44.7 Å². The van der Waals surface area contributed by atoms with Gasteiger partial charge in [0.25, 0.3) is 11.2 Å². The van der Waals surface area contributed by atoms with Gasteiger partial charge in [-0.1, -0.05) is 32.6 Å². The Labute approximate surface area is 135 Å². The van der Waals surface area contributed by atoms with Crippen LogP contribution < -0.4 is 5.56 Å². The second-order valence-corrected chi connectivity index (χ2v) is 5.75. The molecule has 0 fully saturated rings. The van der Waals surface area contributed by atoms with E-state index < -0.39 is 4.92 Å². The van der Waals surface area contributed by atoms with Gasteiger partial charge in [-0.2, -0.15) is 0 Å². The molecule has 1 aromatic carbocycles. The number of nitrogens with zero attached hydrogens (tertiary/aromatic N) is 3. The standard InChI is InChI=1S/C17H23N3O3/c1-3-4-5-6-7-8-16-13-17(21)19(18(16)2)14-9-11-15(12-10-14)20(22)23/h9-13H,3-8H2,1-2H3. The molecular formula is C17H23N3O3. The van der Waals surface area contributed by atoms with Crippen molar-refractivity contribution in [2.75, 3.05) is 0 Å². The number of rotatable bonds is 8. The van der Waals surface area contributed by atoms with E-state index in [4.69, 9.17) is 0 Å². The van der Waals surface area contributed by atoms with E-state index in [1.54, 1.807) is 22.9 Å². The van der Waals surface area contributed by atoms with Crippen LogP contribution >= 0.6 is 0 Å². The van der Waals surface area contributed by atoms with Gasteiger partial charge >= 0.3 is 0 Å². The maximum Gasteiger partial charge on any atom is 0.271 e. The van der Waals surface area contributed by atoms with Gasteiger partial charge in [0.2, 0.25) is 0 Å². The Kier molecular flexibility index (Phi) is 5.73. The van der Waals surface area contributed by atoms with Crippen LogP contribution in [0.2, 0.25) is 0 Å². The van der Waals surface area contributed by atoms with Crippen molar-refractivity contribution in [3.63, 3.8) is 0 Å². The average Bonchev–Trinajstić information content (AvgIpc) is 2.81. The molecule has 23 heavy (non-hydrogen) atoms. The zero-order valence-corrected chi connectivity index (χ0v) is 13.7. The number of nitro groups is 1. The quantitative estimate of drug-likeness (QED) is 0.424. The van der Waals surface area contributed by atoms with E-state index in [9.17, 15) is 14.9 Å². The highest BCUT2D eigenvalue weighted by Gasteiger charge is 2.11. The van der Waals surface area contributed by atoms with Crippen LogP contribution in [0.25, 0.3) is 5.69 Å². The first-order valence-electron chi connectivity index (χ1n) is 8.07. The summed E-state index contributed by atoms with van der Waals surface area (Å²) in [4.78, 5) is 22.5. The largest absolute Gasteiger partial charge is 0.285 e. The summed E-state index contributed by atoms with van der Waals surface area (Å²) in [6.45, 7) is 2.19. The molecule has 124 valence electrons. The summed E-state index contributed by atoms with van der Waals surface area (Å²) in [6.07, 6.45) is 6.81. The monoisotopic (exact) mass is 317 g/mol. The first-order chi connectivity index (χ1) is 11.0. The smallest absolute Gasteiger partial charge is 0.271 e. The van der Waals surface area contributed by atoms with Crippen molar-refractivity contribution in [1.82, 2.24) is 9.36 Å². The number of nitro benzene ring substituents is 1. The van der Waals surface area contributed by atoms with E-state index in [0.717, 1.165) is 18.5 Å². The number of unbranched alkanes of at least 4 members (excludes halogenated alkanes) is 4. The van der Waals surface area contributed by atoms with Crippen molar-refractivity contribution in [3.8, 4) is 5.69 Å². The molecule has 0 aliphatic rings. The minimum atomic E-state index is -0.445. The number of hydrogen-bond donors (Lipinski definition) is 0. The fourth-order valence-electron chi connectivity index (χ4n) is 2.73. The summed E-state index contributed by atoms with van der Waals surface area (Å²) in [5, 5.41) is 10.7. The maximum atomic E-state index is 12.2. The second-order valence-electron chi connectivity index (χ2n) is 5.75. The Morgan fingerprint density at radius 3 is 2.35 bits per heavy atom. The van der Waals surface area contributed by atoms with Crippen LogP contribution in [0.4, 0.5) is 5.69 Å². The summed E-state index contributed by atoms with van der Waals surface area (Å²) >= 11 is 0. The Hall–Kier alpha value is -2.37. The predicted octanol–water partition coefficient (Wildman–Crippen LogP) is 3.60. The Morgan fingerprint density at radius 1 is 1.09 bits per heavy atom. The SMILES string of the molecule is CCCCCCCc1cc(=O)n(-c2ccc([N+](=O)[O-])cc2)n1C. The molecule has 0 amide bonds. The minimum Gasteiger partial charge on any atom is -0.285 e. The highest BCUT2D eigenvalue weighted by molar-refractivity contribution is 5.40. The first kappa shape index (κ1) is 17.0. The van der Waals surface area contributed by atoms with Crippen molar-refractivity contribution in [3.05, 3.63) is 56.5 Å². The molecule has 0 spiro atoms. The van der Waals surface area contributed by atoms with Crippen molar-refractivity contribution in [2.45, 2.75) is 45.4 Å². The van der Waals surface area contributed by atoms with E-state index in [1.165, 1.54) is 37.8 Å². The summed E-state index contributed by atoms with van der Waals surface area (Å²) < 4.78 is 3.38. The van der Waals surface area contributed by atoms with Crippen LogP contribution in [0, 0.1) is 10.1 Å². The van der Waals surface area contributed by atoms with Gasteiger partial charge in [-0.25, -0.2) is 4.68 Å². The highest BCUT2D eigenvalue weighted by Crippen LogP contribution is 2.15. The van der Waals surface area contributed by atoms with Crippen LogP contribution in [-0.4, -0.2) is 14.3 Å². The van der Waals surface area contributed by atoms with Gasteiger partial charge in [0.15, 0.2) is 0 Å². The van der Waals surface area contributed by atoms with E-state index in [2.05, 4.69) is 6.92 Å². The van der Waals surface area contributed by atoms with E-state index >= 15 is 0 Å². The zero-order valence-electron chi connectivity index (χ0n) is 13.7. The molecule has 0 bridgehead atoms. The summed E-state index contributed by atoms with van der Waals surface area (Å²) in [7, 11) is 1.85. The molecule has 0 unspecified atom stereocenters. The molecule has 0 atom stereocenters. The highest BCUT2D eigenvalue weighted by atomic mass is 16.6. The lowest BCUT2D eigenvalue weighted by Gasteiger charge is -2.10. The van der Waals surface area contributed by atoms with Crippen LogP contribution in [0.5, 0.6) is 0 Å². The Balaban J connectivity index is 2.14. The van der Waals surface area contributed by atoms with Gasteiger partial charge in [-0.15, -0.1) is 0 Å². The molecule has 0 radical (unpaired) electrons. The average molecular weight is 317 g/mol. The third-order valence-electron chi connectivity index (χ3n) is 4.06. The lowest BCUT2D eigenvalue weighted by Crippen LogP contribution is -2.19. The fourth-order valence-corrected chi connectivity index (χ4v) is 2.73. The summed E-state index contributed by atoms with van der Waals surface area (Å²) in [5.41, 5.74) is 1.54. The van der Waals surface area contributed by atoms with Crippen molar-refractivity contribution >= 4 is 5.69 Å². The summed E-state index contributed by atoms with van der Waals surface area (Å²) in [6, 6.07) is 7.69. The molecule has 1 aromatic heterocycles. The van der Waals surface area contributed by atoms with E-state index in [-0.39, 0.29) is 11.2 Å². The molecule has 6 nitrogen and oxygen atoms in total. The molecule has 2 aromatic rings. The molecule has 1 heterocycles. The van der Waals surface area contributed by atoms with Gasteiger partial charge in [0.1, 0.15) is 0 Å². The van der Waals surface area contributed by atoms with Crippen LogP contribution in [-0.2, 0) is 13.5 Å². The van der Waals surface area contributed by atoms with Crippen LogP contribution in [0.3, 0.4) is 0 Å². The topological polar surface area (TPSA) is 70.1 Å². The number of aromatic nitrogens is 2. The van der Waals surface area contributed by atoms with Gasteiger partial charge in [0.05, 0.1) is 10.6 Å². The minimum absolute atomic E-state index is 0.0205. The first-order valence-corrected chi connectivity index (χ1v) is 8.07. The molecular weight excluding hydrogens is 294 g/mol. The van der Waals surface area contributed by atoms with E-state index in [1.807, 2.05) is 11.7 Å².